The average molecular weight is 389 g/mol. The van der Waals surface area contributed by atoms with Crippen LogP contribution < -0.4 is 5.32 Å². The average Bonchev–Trinajstić information content (AvgIpc) is 3.40. The zero-order valence-corrected chi connectivity index (χ0v) is 17.1. The molecule has 1 aromatic heterocycles. The van der Waals surface area contributed by atoms with E-state index in [2.05, 4.69) is 47.6 Å². The van der Waals surface area contributed by atoms with E-state index in [1.54, 1.807) is 0 Å². The molecule has 2 aromatic rings. The fourth-order valence-electron chi connectivity index (χ4n) is 2.79. The minimum Gasteiger partial charge on any atom is -0.381 e. The summed E-state index contributed by atoms with van der Waals surface area (Å²) in [6.45, 7) is 8.30. The van der Waals surface area contributed by atoms with E-state index in [0.717, 1.165) is 41.2 Å². The van der Waals surface area contributed by atoms with Crippen molar-refractivity contribution in [3.8, 4) is 5.69 Å². The van der Waals surface area contributed by atoms with Gasteiger partial charge in [-0.05, 0) is 63.1 Å². The molecule has 1 saturated carbocycles. The molecule has 0 bridgehead atoms. The molecule has 6 nitrogen and oxygen atoms in total. The van der Waals surface area contributed by atoms with E-state index in [1.807, 2.05) is 11.5 Å². The predicted molar refractivity (Wildman–Crippen MR) is 107 cm³/mol. The van der Waals surface area contributed by atoms with Crippen molar-refractivity contribution in [2.24, 2.45) is 5.92 Å². The summed E-state index contributed by atoms with van der Waals surface area (Å²) in [5.41, 5.74) is 3.40. The molecule has 7 heteroatoms. The van der Waals surface area contributed by atoms with Crippen LogP contribution >= 0.6 is 11.8 Å². The van der Waals surface area contributed by atoms with E-state index in [1.165, 1.54) is 30.2 Å². The summed E-state index contributed by atoms with van der Waals surface area (Å²) in [6.07, 6.45) is 3.46. The number of nitrogens with zero attached hydrogens (tertiary/aromatic N) is 3. The van der Waals surface area contributed by atoms with Crippen molar-refractivity contribution in [2.45, 2.75) is 45.2 Å². The Kier molecular flexibility index (Phi) is 6.90. The topological polar surface area (TPSA) is 69.0 Å². The van der Waals surface area contributed by atoms with Crippen LogP contribution in [-0.2, 0) is 9.53 Å². The molecule has 0 unspecified atom stereocenters. The van der Waals surface area contributed by atoms with Crippen LogP contribution in [-0.4, -0.2) is 46.2 Å². The zero-order valence-electron chi connectivity index (χ0n) is 16.3. The lowest BCUT2D eigenvalue weighted by atomic mass is 10.1. The molecule has 1 N–H and O–H groups in total. The van der Waals surface area contributed by atoms with Crippen LogP contribution in [0, 0.1) is 26.7 Å². The van der Waals surface area contributed by atoms with Gasteiger partial charge in [0.25, 0.3) is 0 Å². The molecule has 1 aromatic carbocycles. The van der Waals surface area contributed by atoms with E-state index in [0.29, 0.717) is 18.9 Å². The van der Waals surface area contributed by atoms with Crippen LogP contribution in [0.2, 0.25) is 0 Å². The van der Waals surface area contributed by atoms with Gasteiger partial charge in [-0.3, -0.25) is 9.36 Å². The maximum atomic E-state index is 12.1. The monoisotopic (exact) mass is 388 g/mol. The van der Waals surface area contributed by atoms with Gasteiger partial charge in [-0.25, -0.2) is 0 Å². The van der Waals surface area contributed by atoms with Gasteiger partial charge in [-0.15, -0.1) is 10.2 Å². The van der Waals surface area contributed by atoms with Crippen molar-refractivity contribution in [1.29, 1.82) is 0 Å². The summed E-state index contributed by atoms with van der Waals surface area (Å²) in [5.74, 6) is 1.94. The van der Waals surface area contributed by atoms with Crippen LogP contribution in [0.5, 0.6) is 0 Å². The fourth-order valence-corrected chi connectivity index (χ4v) is 3.61. The van der Waals surface area contributed by atoms with Crippen LogP contribution in [0.4, 0.5) is 0 Å². The first-order valence-corrected chi connectivity index (χ1v) is 10.5. The molecule has 27 heavy (non-hydrogen) atoms. The van der Waals surface area contributed by atoms with Gasteiger partial charge in [0.05, 0.1) is 11.4 Å². The number of carbonyl (C=O) groups excluding carboxylic acids is 1. The summed E-state index contributed by atoms with van der Waals surface area (Å²) in [5, 5.41) is 12.1. The Morgan fingerprint density at radius 1 is 1.30 bits per heavy atom. The number of benzene rings is 1. The lowest BCUT2D eigenvalue weighted by Crippen LogP contribution is -2.27. The van der Waals surface area contributed by atoms with Crippen LogP contribution in [0.1, 0.15) is 36.2 Å². The second-order valence-electron chi connectivity index (χ2n) is 7.17. The maximum absolute atomic E-state index is 12.1. The van der Waals surface area contributed by atoms with Gasteiger partial charge in [0.15, 0.2) is 5.16 Å². The van der Waals surface area contributed by atoms with Crippen molar-refractivity contribution >= 4 is 17.7 Å². The van der Waals surface area contributed by atoms with Crippen molar-refractivity contribution in [3.05, 3.63) is 35.2 Å². The third kappa shape index (κ3) is 5.81. The van der Waals surface area contributed by atoms with E-state index in [-0.39, 0.29) is 5.91 Å². The molecule has 1 heterocycles. The lowest BCUT2D eigenvalue weighted by molar-refractivity contribution is -0.118. The fraction of sp³-hybridized carbons (Fsp3) is 0.550. The van der Waals surface area contributed by atoms with Gasteiger partial charge < -0.3 is 10.1 Å². The minimum absolute atomic E-state index is 0.00959. The highest BCUT2D eigenvalue weighted by molar-refractivity contribution is 7.99. The van der Waals surface area contributed by atoms with Crippen LogP contribution in [0.25, 0.3) is 5.69 Å². The Hall–Kier alpha value is -1.86. The van der Waals surface area contributed by atoms with Crippen molar-refractivity contribution in [3.63, 3.8) is 0 Å². The molecule has 0 saturated heterocycles. The molecule has 1 aliphatic carbocycles. The Bertz CT molecular complexity index is 786. The van der Waals surface area contributed by atoms with Gasteiger partial charge in [-0.2, -0.15) is 0 Å². The Labute approximate surface area is 165 Å². The second kappa shape index (κ2) is 9.37. The Morgan fingerprint density at radius 2 is 2.11 bits per heavy atom. The standard InChI is InChI=1S/C20H28N4O2S/c1-14-5-6-15(2)18(11-14)24-16(3)22-23-20(24)27-13-19(25)21-9-4-10-26-12-17-7-8-17/h5-6,11,17H,4,7-10,12-13H2,1-3H3,(H,21,25). The number of rotatable bonds is 10. The molecule has 1 aliphatic rings. The molecule has 1 fully saturated rings. The minimum atomic E-state index is 0.00959. The highest BCUT2D eigenvalue weighted by Gasteiger charge is 2.20. The zero-order chi connectivity index (χ0) is 19.2. The van der Waals surface area contributed by atoms with E-state index < -0.39 is 0 Å². The summed E-state index contributed by atoms with van der Waals surface area (Å²) in [6, 6.07) is 6.31. The summed E-state index contributed by atoms with van der Waals surface area (Å²) >= 11 is 1.41. The number of aromatic nitrogens is 3. The molecule has 3 rings (SSSR count). The third-order valence-corrected chi connectivity index (χ3v) is 5.50. The molecule has 0 aliphatic heterocycles. The number of thioether (sulfide) groups is 1. The molecular weight excluding hydrogens is 360 g/mol. The molecular formula is C20H28N4O2S. The first-order chi connectivity index (χ1) is 13.0. The molecule has 0 atom stereocenters. The number of hydrogen-bond acceptors (Lipinski definition) is 5. The number of carbonyl (C=O) groups is 1. The van der Waals surface area contributed by atoms with Crippen LogP contribution in [0.3, 0.4) is 0 Å². The van der Waals surface area contributed by atoms with E-state index in [9.17, 15) is 4.79 Å². The number of ether oxygens (including phenoxy) is 1. The summed E-state index contributed by atoms with van der Waals surface area (Å²) < 4.78 is 7.60. The van der Waals surface area contributed by atoms with Gasteiger partial charge in [-0.1, -0.05) is 23.9 Å². The van der Waals surface area contributed by atoms with Gasteiger partial charge in [0, 0.05) is 19.8 Å². The van der Waals surface area contributed by atoms with Crippen LogP contribution in [0.15, 0.2) is 23.4 Å². The second-order valence-corrected chi connectivity index (χ2v) is 8.11. The predicted octanol–water partition coefficient (Wildman–Crippen LogP) is 3.22. The van der Waals surface area contributed by atoms with Gasteiger partial charge >= 0.3 is 0 Å². The number of nitrogens with one attached hydrogen (secondary N) is 1. The maximum Gasteiger partial charge on any atom is 0.230 e. The van der Waals surface area contributed by atoms with Crippen molar-refractivity contribution in [1.82, 2.24) is 20.1 Å². The molecule has 146 valence electrons. The number of amides is 1. The normalized spacial score (nSPS) is 13.7. The first-order valence-electron chi connectivity index (χ1n) is 9.51. The SMILES string of the molecule is Cc1ccc(C)c(-n2c(C)nnc2SCC(=O)NCCCOCC2CC2)c1. The number of aryl methyl sites for hydroxylation is 3. The summed E-state index contributed by atoms with van der Waals surface area (Å²) in [4.78, 5) is 12.1. The van der Waals surface area contributed by atoms with E-state index in [4.69, 9.17) is 4.74 Å². The first kappa shape index (κ1) is 19.9. The summed E-state index contributed by atoms with van der Waals surface area (Å²) in [7, 11) is 0. The quantitative estimate of drug-likeness (QED) is 0.500. The lowest BCUT2D eigenvalue weighted by Gasteiger charge is -2.12. The molecule has 1 amide bonds. The van der Waals surface area contributed by atoms with Gasteiger partial charge in [0.2, 0.25) is 5.91 Å². The number of hydrogen-bond donors (Lipinski definition) is 1. The largest absolute Gasteiger partial charge is 0.381 e. The Morgan fingerprint density at radius 3 is 2.89 bits per heavy atom. The van der Waals surface area contributed by atoms with Gasteiger partial charge in [0.1, 0.15) is 5.82 Å². The highest BCUT2D eigenvalue weighted by atomic mass is 32.2. The van der Waals surface area contributed by atoms with Crippen molar-refractivity contribution in [2.75, 3.05) is 25.5 Å². The Balaban J connectivity index is 1.48. The highest BCUT2D eigenvalue weighted by Crippen LogP contribution is 2.28. The third-order valence-electron chi connectivity index (χ3n) is 4.57. The van der Waals surface area contributed by atoms with Crippen molar-refractivity contribution < 1.29 is 9.53 Å². The molecule has 0 radical (unpaired) electrons. The van der Waals surface area contributed by atoms with E-state index >= 15 is 0 Å². The smallest absolute Gasteiger partial charge is 0.230 e. The molecule has 0 spiro atoms.